The van der Waals surface area contributed by atoms with Gasteiger partial charge in [0.2, 0.25) is 0 Å². The summed E-state index contributed by atoms with van der Waals surface area (Å²) in [6.45, 7) is -0.270. The number of anilines is 1. The van der Waals surface area contributed by atoms with Crippen LogP contribution in [0.25, 0.3) is 0 Å². The van der Waals surface area contributed by atoms with E-state index in [1.807, 2.05) is 0 Å². The lowest BCUT2D eigenvalue weighted by atomic mass is 10.3. The summed E-state index contributed by atoms with van der Waals surface area (Å²) in [5.74, 6) is -1.96. The molecule has 15 heavy (non-hydrogen) atoms. The zero-order chi connectivity index (χ0) is 11.4. The number of aliphatic hydroxyl groups excluding tert-OH is 1. The van der Waals surface area contributed by atoms with E-state index in [1.165, 1.54) is 12.1 Å². The summed E-state index contributed by atoms with van der Waals surface area (Å²) in [6, 6.07) is 3.92. The van der Waals surface area contributed by atoms with Gasteiger partial charge >= 0.3 is 5.97 Å². The molecule has 0 aliphatic rings. The number of carbonyl (C=O) groups is 1. The number of carboxylic acid groups (broad SMARTS) is 1. The van der Waals surface area contributed by atoms with Crippen molar-refractivity contribution in [3.63, 3.8) is 0 Å². The number of hydrogen-bond donors (Lipinski definition) is 3. The van der Waals surface area contributed by atoms with E-state index in [0.717, 1.165) is 6.07 Å². The van der Waals surface area contributed by atoms with Gasteiger partial charge in [0.1, 0.15) is 5.82 Å². The van der Waals surface area contributed by atoms with Crippen molar-refractivity contribution in [2.24, 2.45) is 0 Å². The quantitative estimate of drug-likeness (QED) is 0.734. The molecule has 1 aromatic carbocycles. The Kier molecular flexibility index (Phi) is 3.88. The third-order valence-electron chi connectivity index (χ3n) is 1.70. The molecule has 0 aliphatic carbocycles. The first-order valence-electron chi connectivity index (χ1n) is 4.10. The Labute approximate surface area is 90.3 Å². The van der Waals surface area contributed by atoms with E-state index in [4.69, 9.17) is 21.8 Å². The SMILES string of the molecule is O=C(O)C(O)CNc1ccc(Cl)cc1F. The second kappa shape index (κ2) is 4.95. The molecular weight excluding hydrogens is 225 g/mol. The summed E-state index contributed by atoms with van der Waals surface area (Å²) >= 11 is 5.52. The number of aliphatic hydroxyl groups is 1. The van der Waals surface area contributed by atoms with Crippen LogP contribution in [0.1, 0.15) is 0 Å². The van der Waals surface area contributed by atoms with Crippen LogP contribution in [0.5, 0.6) is 0 Å². The Morgan fingerprint density at radius 3 is 2.80 bits per heavy atom. The van der Waals surface area contributed by atoms with Crippen LogP contribution in [0.15, 0.2) is 18.2 Å². The van der Waals surface area contributed by atoms with Crippen LogP contribution >= 0.6 is 11.6 Å². The largest absolute Gasteiger partial charge is 0.479 e. The first-order chi connectivity index (χ1) is 7.00. The fraction of sp³-hybridized carbons (Fsp3) is 0.222. The number of hydrogen-bond acceptors (Lipinski definition) is 3. The Hall–Kier alpha value is -1.33. The predicted octanol–water partition coefficient (Wildman–Crippen LogP) is 1.34. The van der Waals surface area contributed by atoms with Gasteiger partial charge in [-0.3, -0.25) is 0 Å². The topological polar surface area (TPSA) is 69.6 Å². The van der Waals surface area contributed by atoms with E-state index < -0.39 is 17.9 Å². The predicted molar refractivity (Wildman–Crippen MR) is 53.5 cm³/mol. The molecule has 0 amide bonds. The maximum absolute atomic E-state index is 13.1. The summed E-state index contributed by atoms with van der Waals surface area (Å²) in [5, 5.41) is 20.0. The highest BCUT2D eigenvalue weighted by Crippen LogP contribution is 2.18. The van der Waals surface area contributed by atoms with E-state index in [9.17, 15) is 9.18 Å². The molecule has 0 aromatic heterocycles. The van der Waals surface area contributed by atoms with E-state index in [0.29, 0.717) is 0 Å². The zero-order valence-electron chi connectivity index (χ0n) is 7.58. The van der Waals surface area contributed by atoms with Crippen molar-refractivity contribution < 1.29 is 19.4 Å². The minimum atomic E-state index is -1.57. The van der Waals surface area contributed by atoms with Gasteiger partial charge in [0.05, 0.1) is 12.2 Å². The van der Waals surface area contributed by atoms with E-state index in [1.54, 1.807) is 0 Å². The van der Waals surface area contributed by atoms with Crippen LogP contribution in [-0.4, -0.2) is 28.8 Å². The third kappa shape index (κ3) is 3.38. The standard InChI is InChI=1S/C9H9ClFNO3/c10-5-1-2-7(6(11)3-5)12-4-8(13)9(14)15/h1-3,8,12-13H,4H2,(H,14,15). The number of carboxylic acids is 1. The van der Waals surface area contributed by atoms with E-state index in [2.05, 4.69) is 5.32 Å². The van der Waals surface area contributed by atoms with E-state index >= 15 is 0 Å². The number of rotatable bonds is 4. The van der Waals surface area contributed by atoms with Gasteiger partial charge in [-0.25, -0.2) is 9.18 Å². The molecule has 0 saturated heterocycles. The van der Waals surface area contributed by atoms with Gasteiger partial charge in [0.15, 0.2) is 6.10 Å². The van der Waals surface area contributed by atoms with Gasteiger partial charge in [-0.05, 0) is 18.2 Å². The van der Waals surface area contributed by atoms with Crippen molar-refractivity contribution in [1.29, 1.82) is 0 Å². The Morgan fingerprint density at radius 1 is 1.60 bits per heavy atom. The Morgan fingerprint density at radius 2 is 2.27 bits per heavy atom. The Bertz CT molecular complexity index is 372. The van der Waals surface area contributed by atoms with Crippen molar-refractivity contribution in [3.8, 4) is 0 Å². The summed E-state index contributed by atoms with van der Waals surface area (Å²) in [5.41, 5.74) is 0.0969. The zero-order valence-corrected chi connectivity index (χ0v) is 8.33. The minimum absolute atomic E-state index is 0.0969. The molecule has 4 nitrogen and oxygen atoms in total. The maximum atomic E-state index is 13.1. The molecule has 0 spiro atoms. The molecule has 82 valence electrons. The summed E-state index contributed by atoms with van der Waals surface area (Å²) in [7, 11) is 0. The fourth-order valence-corrected chi connectivity index (χ4v) is 1.09. The van der Waals surface area contributed by atoms with Gasteiger partial charge in [-0.2, -0.15) is 0 Å². The average Bonchev–Trinajstić information content (AvgIpc) is 2.15. The number of benzene rings is 1. The van der Waals surface area contributed by atoms with Crippen LogP contribution in [-0.2, 0) is 4.79 Å². The molecule has 1 rings (SSSR count). The van der Waals surface area contributed by atoms with Crippen molar-refractivity contribution >= 4 is 23.3 Å². The van der Waals surface area contributed by atoms with Crippen molar-refractivity contribution in [2.75, 3.05) is 11.9 Å². The molecular formula is C9H9ClFNO3. The van der Waals surface area contributed by atoms with Gasteiger partial charge in [0, 0.05) is 5.02 Å². The molecule has 0 heterocycles. The summed E-state index contributed by atoms with van der Waals surface area (Å²) < 4.78 is 13.1. The normalized spacial score (nSPS) is 12.2. The van der Waals surface area contributed by atoms with Crippen molar-refractivity contribution in [3.05, 3.63) is 29.0 Å². The second-order valence-corrected chi connectivity index (χ2v) is 3.30. The first-order valence-corrected chi connectivity index (χ1v) is 4.48. The lowest BCUT2D eigenvalue weighted by molar-refractivity contribution is -0.145. The molecule has 1 aromatic rings. The smallest absolute Gasteiger partial charge is 0.334 e. The minimum Gasteiger partial charge on any atom is -0.479 e. The molecule has 0 radical (unpaired) electrons. The molecule has 0 fully saturated rings. The van der Waals surface area contributed by atoms with Crippen molar-refractivity contribution in [2.45, 2.75) is 6.10 Å². The van der Waals surface area contributed by atoms with Gasteiger partial charge in [0.25, 0.3) is 0 Å². The van der Waals surface area contributed by atoms with Gasteiger partial charge in [-0.1, -0.05) is 11.6 Å². The second-order valence-electron chi connectivity index (χ2n) is 2.86. The van der Waals surface area contributed by atoms with Crippen LogP contribution in [0.3, 0.4) is 0 Å². The number of nitrogens with one attached hydrogen (secondary N) is 1. The highest BCUT2D eigenvalue weighted by Gasteiger charge is 2.13. The number of aliphatic carboxylic acids is 1. The highest BCUT2D eigenvalue weighted by molar-refractivity contribution is 6.30. The first kappa shape index (κ1) is 11.7. The molecule has 0 aliphatic heterocycles. The maximum Gasteiger partial charge on any atom is 0.334 e. The average molecular weight is 234 g/mol. The monoisotopic (exact) mass is 233 g/mol. The van der Waals surface area contributed by atoms with Gasteiger partial charge in [-0.15, -0.1) is 0 Å². The molecule has 1 unspecified atom stereocenters. The van der Waals surface area contributed by atoms with Crippen molar-refractivity contribution in [1.82, 2.24) is 0 Å². The van der Waals surface area contributed by atoms with Crippen LogP contribution in [0.2, 0.25) is 5.02 Å². The van der Waals surface area contributed by atoms with E-state index in [-0.39, 0.29) is 17.3 Å². The van der Waals surface area contributed by atoms with Gasteiger partial charge < -0.3 is 15.5 Å². The Balaban J connectivity index is 2.62. The summed E-state index contributed by atoms with van der Waals surface area (Å²) in [6.07, 6.45) is -1.57. The fourth-order valence-electron chi connectivity index (χ4n) is 0.927. The lowest BCUT2D eigenvalue weighted by Crippen LogP contribution is -2.28. The molecule has 0 bridgehead atoms. The third-order valence-corrected chi connectivity index (χ3v) is 1.94. The highest BCUT2D eigenvalue weighted by atomic mass is 35.5. The molecule has 0 saturated carbocycles. The number of halogens is 2. The molecule has 3 N–H and O–H groups in total. The lowest BCUT2D eigenvalue weighted by Gasteiger charge is -2.09. The molecule has 6 heteroatoms. The van der Waals surface area contributed by atoms with Crippen LogP contribution in [0.4, 0.5) is 10.1 Å². The van der Waals surface area contributed by atoms with Crippen LogP contribution < -0.4 is 5.32 Å². The molecule has 1 atom stereocenters. The summed E-state index contributed by atoms with van der Waals surface area (Å²) in [4.78, 5) is 10.3. The van der Waals surface area contributed by atoms with Crippen LogP contribution in [0, 0.1) is 5.82 Å².